The van der Waals surface area contributed by atoms with E-state index < -0.39 is 11.7 Å². The van der Waals surface area contributed by atoms with Gasteiger partial charge in [0.15, 0.2) is 0 Å². The van der Waals surface area contributed by atoms with Crippen molar-refractivity contribution in [1.29, 1.82) is 0 Å². The first-order chi connectivity index (χ1) is 12.5. The Morgan fingerprint density at radius 3 is 2.77 bits per heavy atom. The number of aromatic nitrogens is 2. The maximum absolute atomic E-state index is 13.6. The van der Waals surface area contributed by atoms with E-state index in [4.69, 9.17) is 4.74 Å². The molecule has 2 atom stereocenters. The van der Waals surface area contributed by atoms with Crippen LogP contribution in [0.1, 0.15) is 42.5 Å². The molecule has 2 N–H and O–H groups in total. The number of fused-ring (bicyclic) bond motifs is 1. The van der Waals surface area contributed by atoms with Crippen molar-refractivity contribution in [3.05, 3.63) is 59.7 Å². The highest BCUT2D eigenvalue weighted by Gasteiger charge is 2.25. The molecule has 1 amide bonds. The molecule has 0 spiro atoms. The van der Waals surface area contributed by atoms with Crippen LogP contribution in [0.2, 0.25) is 0 Å². The van der Waals surface area contributed by atoms with Crippen LogP contribution in [0.4, 0.5) is 4.39 Å². The molecule has 0 radical (unpaired) electrons. The van der Waals surface area contributed by atoms with Gasteiger partial charge in [0, 0.05) is 0 Å². The quantitative estimate of drug-likeness (QED) is 0.695. The molecule has 2 unspecified atom stereocenters. The Morgan fingerprint density at radius 1 is 1.31 bits per heavy atom. The number of imidazole rings is 1. The van der Waals surface area contributed by atoms with Crippen LogP contribution < -0.4 is 10.1 Å². The van der Waals surface area contributed by atoms with Gasteiger partial charge in [-0.1, -0.05) is 32.4 Å². The zero-order valence-corrected chi connectivity index (χ0v) is 15.0. The Kier molecular flexibility index (Phi) is 5.21. The standard InChI is InChI=1S/C20H22FN3O2/c1-4-12(2)18(19-22-15-7-5-6-8-16(15)23-19)24-20(25)14-11-13(21)9-10-17(14)26-3/h5-12,18H,4H2,1-3H3,(H,22,23)(H,24,25). The van der Waals surface area contributed by atoms with E-state index in [-0.39, 0.29) is 17.5 Å². The first-order valence-corrected chi connectivity index (χ1v) is 8.62. The number of aromatic amines is 1. The molecule has 136 valence electrons. The largest absolute Gasteiger partial charge is 0.496 e. The average Bonchev–Trinajstić information content (AvgIpc) is 3.09. The topological polar surface area (TPSA) is 67.0 Å². The molecule has 1 heterocycles. The van der Waals surface area contributed by atoms with Gasteiger partial charge in [-0.3, -0.25) is 4.79 Å². The molecule has 1 aromatic heterocycles. The van der Waals surface area contributed by atoms with Crippen LogP contribution in [0.5, 0.6) is 5.75 Å². The number of carbonyl (C=O) groups is 1. The first kappa shape index (κ1) is 17.9. The minimum atomic E-state index is -0.486. The number of halogens is 1. The highest BCUT2D eigenvalue weighted by atomic mass is 19.1. The van der Waals surface area contributed by atoms with Gasteiger partial charge in [0.25, 0.3) is 5.91 Å². The first-order valence-electron chi connectivity index (χ1n) is 8.62. The van der Waals surface area contributed by atoms with Crippen molar-refractivity contribution in [2.45, 2.75) is 26.3 Å². The van der Waals surface area contributed by atoms with Crippen LogP contribution in [0.3, 0.4) is 0 Å². The summed E-state index contributed by atoms with van der Waals surface area (Å²) in [6.45, 7) is 4.09. The lowest BCUT2D eigenvalue weighted by Crippen LogP contribution is -2.33. The Hall–Kier alpha value is -2.89. The van der Waals surface area contributed by atoms with Gasteiger partial charge in [-0.2, -0.15) is 0 Å². The fourth-order valence-corrected chi connectivity index (χ4v) is 2.91. The summed E-state index contributed by atoms with van der Waals surface area (Å²) in [5.74, 6) is 0.270. The summed E-state index contributed by atoms with van der Waals surface area (Å²) >= 11 is 0. The predicted molar refractivity (Wildman–Crippen MR) is 98.7 cm³/mol. The minimum absolute atomic E-state index is 0.138. The molecule has 0 saturated carbocycles. The summed E-state index contributed by atoms with van der Waals surface area (Å²) in [5.41, 5.74) is 1.92. The van der Waals surface area contributed by atoms with Crippen molar-refractivity contribution in [3.8, 4) is 5.75 Å². The summed E-state index contributed by atoms with van der Waals surface area (Å²) in [6, 6.07) is 11.3. The van der Waals surface area contributed by atoms with E-state index in [2.05, 4.69) is 22.2 Å². The van der Waals surface area contributed by atoms with Crippen molar-refractivity contribution in [2.75, 3.05) is 7.11 Å². The van der Waals surface area contributed by atoms with Crippen LogP contribution in [0.25, 0.3) is 11.0 Å². The van der Waals surface area contributed by atoms with Gasteiger partial charge in [0.1, 0.15) is 17.4 Å². The SMILES string of the molecule is CCC(C)C(NC(=O)c1cc(F)ccc1OC)c1nc2ccccc2[nH]1. The fraction of sp³-hybridized carbons (Fsp3) is 0.300. The summed E-state index contributed by atoms with van der Waals surface area (Å²) in [5, 5.41) is 2.98. The zero-order chi connectivity index (χ0) is 18.7. The molecule has 0 saturated heterocycles. The van der Waals surface area contributed by atoms with E-state index in [0.29, 0.717) is 11.6 Å². The molecule has 0 aliphatic carbocycles. The number of ether oxygens (including phenoxy) is 1. The monoisotopic (exact) mass is 355 g/mol. The summed E-state index contributed by atoms with van der Waals surface area (Å²) in [7, 11) is 1.45. The third-order valence-corrected chi connectivity index (χ3v) is 4.61. The Bertz CT molecular complexity index is 889. The molecule has 0 fully saturated rings. The highest BCUT2D eigenvalue weighted by molar-refractivity contribution is 5.97. The Labute approximate surface area is 151 Å². The highest BCUT2D eigenvalue weighted by Crippen LogP contribution is 2.26. The van der Waals surface area contributed by atoms with Gasteiger partial charge in [-0.25, -0.2) is 9.37 Å². The number of hydrogen-bond donors (Lipinski definition) is 2. The van der Waals surface area contributed by atoms with Crippen molar-refractivity contribution in [2.24, 2.45) is 5.92 Å². The predicted octanol–water partition coefficient (Wildman–Crippen LogP) is 4.23. The van der Waals surface area contributed by atoms with Gasteiger partial charge in [0.05, 0.1) is 29.7 Å². The molecule has 0 aliphatic rings. The number of rotatable bonds is 6. The third kappa shape index (κ3) is 3.54. The minimum Gasteiger partial charge on any atom is -0.496 e. The van der Waals surface area contributed by atoms with E-state index in [1.807, 2.05) is 31.2 Å². The van der Waals surface area contributed by atoms with Gasteiger partial charge >= 0.3 is 0 Å². The number of amides is 1. The normalized spacial score (nSPS) is 13.4. The number of benzene rings is 2. The number of nitrogens with one attached hydrogen (secondary N) is 2. The van der Waals surface area contributed by atoms with Crippen molar-refractivity contribution < 1.29 is 13.9 Å². The van der Waals surface area contributed by atoms with E-state index in [1.165, 1.54) is 25.3 Å². The van der Waals surface area contributed by atoms with Crippen LogP contribution in [-0.2, 0) is 0 Å². The van der Waals surface area contributed by atoms with Crippen molar-refractivity contribution >= 4 is 16.9 Å². The van der Waals surface area contributed by atoms with Gasteiger partial charge < -0.3 is 15.0 Å². The summed E-state index contributed by atoms with van der Waals surface area (Å²) < 4.78 is 18.8. The number of carbonyl (C=O) groups excluding carboxylic acids is 1. The molecule has 0 aliphatic heterocycles. The van der Waals surface area contributed by atoms with Crippen LogP contribution in [0.15, 0.2) is 42.5 Å². The molecule has 6 heteroatoms. The molecule has 26 heavy (non-hydrogen) atoms. The van der Waals surface area contributed by atoms with Gasteiger partial charge in [-0.15, -0.1) is 0 Å². The third-order valence-electron chi connectivity index (χ3n) is 4.61. The average molecular weight is 355 g/mol. The molecule has 3 aromatic rings. The second-order valence-electron chi connectivity index (χ2n) is 6.32. The smallest absolute Gasteiger partial charge is 0.255 e. The Morgan fingerprint density at radius 2 is 2.08 bits per heavy atom. The van der Waals surface area contributed by atoms with Crippen molar-refractivity contribution in [3.63, 3.8) is 0 Å². The maximum atomic E-state index is 13.6. The summed E-state index contributed by atoms with van der Waals surface area (Å²) in [4.78, 5) is 20.7. The Balaban J connectivity index is 1.94. The second kappa shape index (κ2) is 7.56. The van der Waals surface area contributed by atoms with E-state index >= 15 is 0 Å². The van der Waals surface area contributed by atoms with E-state index in [0.717, 1.165) is 17.5 Å². The molecular weight excluding hydrogens is 333 g/mol. The van der Waals surface area contributed by atoms with Crippen LogP contribution in [-0.4, -0.2) is 23.0 Å². The lowest BCUT2D eigenvalue weighted by molar-refractivity contribution is 0.0917. The fourth-order valence-electron chi connectivity index (χ4n) is 2.91. The molecule has 2 aromatic carbocycles. The zero-order valence-electron chi connectivity index (χ0n) is 15.0. The second-order valence-corrected chi connectivity index (χ2v) is 6.32. The number of nitrogens with zero attached hydrogens (tertiary/aromatic N) is 1. The van der Waals surface area contributed by atoms with E-state index in [9.17, 15) is 9.18 Å². The number of methoxy groups -OCH3 is 1. The molecular formula is C20H22FN3O2. The lowest BCUT2D eigenvalue weighted by Gasteiger charge is -2.23. The molecule has 3 rings (SSSR count). The molecule has 5 nitrogen and oxygen atoms in total. The number of H-pyrrole nitrogens is 1. The van der Waals surface area contributed by atoms with Crippen LogP contribution in [0, 0.1) is 11.7 Å². The van der Waals surface area contributed by atoms with Gasteiger partial charge in [-0.05, 0) is 36.2 Å². The number of hydrogen-bond acceptors (Lipinski definition) is 3. The van der Waals surface area contributed by atoms with E-state index in [1.54, 1.807) is 0 Å². The number of para-hydroxylation sites is 2. The molecule has 0 bridgehead atoms. The van der Waals surface area contributed by atoms with Crippen LogP contribution >= 0.6 is 0 Å². The van der Waals surface area contributed by atoms with Crippen molar-refractivity contribution in [1.82, 2.24) is 15.3 Å². The summed E-state index contributed by atoms with van der Waals surface area (Å²) in [6.07, 6.45) is 0.849. The maximum Gasteiger partial charge on any atom is 0.255 e. The lowest BCUT2D eigenvalue weighted by atomic mass is 9.98. The van der Waals surface area contributed by atoms with Gasteiger partial charge in [0.2, 0.25) is 0 Å².